The Hall–Kier alpha value is -2.42. The molecule has 1 saturated heterocycles. The van der Waals surface area contributed by atoms with Crippen molar-refractivity contribution in [1.82, 2.24) is 20.4 Å². The van der Waals surface area contributed by atoms with Crippen molar-refractivity contribution in [2.45, 2.75) is 37.9 Å². The van der Waals surface area contributed by atoms with E-state index in [2.05, 4.69) is 15.5 Å². The van der Waals surface area contributed by atoms with Gasteiger partial charge in [0.25, 0.3) is 5.91 Å². The van der Waals surface area contributed by atoms with E-state index in [0.29, 0.717) is 49.8 Å². The molecule has 1 amide bonds. The summed E-state index contributed by atoms with van der Waals surface area (Å²) in [5, 5.41) is 10.3. The normalized spacial score (nSPS) is 18.2. The SMILES string of the molecule is O=C(c1n[nH]c2c1CNCC2)N1CCC(c2cc(F)cc(C(F)(F)F)c2)CC1. The van der Waals surface area contributed by atoms with Crippen LogP contribution >= 0.6 is 0 Å². The van der Waals surface area contributed by atoms with Crippen LogP contribution in [0.1, 0.15) is 51.6 Å². The topological polar surface area (TPSA) is 61.0 Å². The molecule has 2 aromatic rings. The van der Waals surface area contributed by atoms with E-state index in [1.807, 2.05) is 0 Å². The lowest BCUT2D eigenvalue weighted by molar-refractivity contribution is -0.137. The van der Waals surface area contributed by atoms with E-state index in [1.54, 1.807) is 4.90 Å². The molecule has 4 rings (SSSR count). The smallest absolute Gasteiger partial charge is 0.337 e. The van der Waals surface area contributed by atoms with Gasteiger partial charge in [-0.3, -0.25) is 9.89 Å². The number of hydrogen-bond acceptors (Lipinski definition) is 3. The Kier molecular flexibility index (Phi) is 4.86. The van der Waals surface area contributed by atoms with Crippen molar-refractivity contribution in [3.05, 3.63) is 52.1 Å². The summed E-state index contributed by atoms with van der Waals surface area (Å²) < 4.78 is 52.5. The Morgan fingerprint density at radius 1 is 1.18 bits per heavy atom. The number of amides is 1. The van der Waals surface area contributed by atoms with Crippen LogP contribution in [0.5, 0.6) is 0 Å². The van der Waals surface area contributed by atoms with Crippen molar-refractivity contribution in [2.75, 3.05) is 19.6 Å². The van der Waals surface area contributed by atoms with Crippen LogP contribution in [0.4, 0.5) is 17.6 Å². The molecule has 150 valence electrons. The monoisotopic (exact) mass is 396 g/mol. The number of benzene rings is 1. The number of carbonyl (C=O) groups excluding carboxylic acids is 1. The van der Waals surface area contributed by atoms with E-state index in [1.165, 1.54) is 0 Å². The predicted molar refractivity (Wildman–Crippen MR) is 93.3 cm³/mol. The van der Waals surface area contributed by atoms with Gasteiger partial charge in [0, 0.05) is 43.9 Å². The second kappa shape index (κ2) is 7.20. The van der Waals surface area contributed by atoms with Gasteiger partial charge < -0.3 is 10.2 Å². The summed E-state index contributed by atoms with van der Waals surface area (Å²) in [6, 6.07) is 2.69. The molecule has 2 N–H and O–H groups in total. The third-order valence-electron chi connectivity index (χ3n) is 5.51. The minimum absolute atomic E-state index is 0.171. The van der Waals surface area contributed by atoms with Crippen molar-refractivity contribution in [3.63, 3.8) is 0 Å². The van der Waals surface area contributed by atoms with E-state index < -0.39 is 17.6 Å². The largest absolute Gasteiger partial charge is 0.416 e. The van der Waals surface area contributed by atoms with Gasteiger partial charge in [-0.1, -0.05) is 0 Å². The molecule has 0 aliphatic carbocycles. The fourth-order valence-electron chi connectivity index (χ4n) is 3.98. The number of aromatic amines is 1. The lowest BCUT2D eigenvalue weighted by atomic mass is 9.88. The number of piperidine rings is 1. The van der Waals surface area contributed by atoms with Crippen LogP contribution in [0.25, 0.3) is 0 Å². The lowest BCUT2D eigenvalue weighted by Crippen LogP contribution is -2.39. The summed E-state index contributed by atoms with van der Waals surface area (Å²) in [5.41, 5.74) is 1.62. The molecule has 28 heavy (non-hydrogen) atoms. The summed E-state index contributed by atoms with van der Waals surface area (Å²) in [6.07, 6.45) is -2.83. The third-order valence-corrected chi connectivity index (χ3v) is 5.51. The van der Waals surface area contributed by atoms with E-state index >= 15 is 0 Å². The van der Waals surface area contributed by atoms with Gasteiger partial charge in [-0.05, 0) is 42.5 Å². The van der Waals surface area contributed by atoms with Gasteiger partial charge in [0.05, 0.1) is 5.56 Å². The Balaban J connectivity index is 1.46. The first-order valence-corrected chi connectivity index (χ1v) is 9.26. The van der Waals surface area contributed by atoms with Crippen LogP contribution in [0.15, 0.2) is 18.2 Å². The number of halogens is 4. The second-order valence-electron chi connectivity index (χ2n) is 7.29. The number of nitrogens with zero attached hydrogens (tertiary/aromatic N) is 2. The predicted octanol–water partition coefficient (Wildman–Crippen LogP) is 3.23. The summed E-state index contributed by atoms with van der Waals surface area (Å²) in [6.45, 7) is 2.22. The number of alkyl halides is 3. The number of nitrogens with one attached hydrogen (secondary N) is 2. The molecule has 0 saturated carbocycles. The Morgan fingerprint density at radius 2 is 1.93 bits per heavy atom. The Bertz CT molecular complexity index is 885. The van der Waals surface area contributed by atoms with E-state index in [9.17, 15) is 22.4 Å². The highest BCUT2D eigenvalue weighted by Gasteiger charge is 2.33. The van der Waals surface area contributed by atoms with Gasteiger partial charge in [0.1, 0.15) is 5.82 Å². The van der Waals surface area contributed by atoms with Crippen LogP contribution in [-0.2, 0) is 19.1 Å². The van der Waals surface area contributed by atoms with Gasteiger partial charge in [0.2, 0.25) is 0 Å². The molecule has 0 unspecified atom stereocenters. The zero-order valence-electron chi connectivity index (χ0n) is 15.1. The van der Waals surface area contributed by atoms with Gasteiger partial charge in [-0.25, -0.2) is 4.39 Å². The first-order chi connectivity index (χ1) is 13.3. The van der Waals surface area contributed by atoms with Crippen LogP contribution in [0.3, 0.4) is 0 Å². The average Bonchev–Trinajstić information content (AvgIpc) is 3.10. The Morgan fingerprint density at radius 3 is 2.64 bits per heavy atom. The molecule has 1 aromatic carbocycles. The van der Waals surface area contributed by atoms with Crippen LogP contribution < -0.4 is 5.32 Å². The van der Waals surface area contributed by atoms with Gasteiger partial charge >= 0.3 is 6.18 Å². The van der Waals surface area contributed by atoms with Gasteiger partial charge in [-0.2, -0.15) is 18.3 Å². The maximum absolute atomic E-state index is 13.7. The first-order valence-electron chi connectivity index (χ1n) is 9.26. The van der Waals surface area contributed by atoms with Gasteiger partial charge in [-0.15, -0.1) is 0 Å². The summed E-state index contributed by atoms with van der Waals surface area (Å²) >= 11 is 0. The molecule has 5 nitrogen and oxygen atoms in total. The number of hydrogen-bond donors (Lipinski definition) is 2. The molecular formula is C19H20F4N4O. The first kappa shape index (κ1) is 18.9. The number of H-pyrrole nitrogens is 1. The fraction of sp³-hybridized carbons (Fsp3) is 0.474. The zero-order chi connectivity index (χ0) is 19.9. The molecule has 0 bridgehead atoms. The molecule has 0 radical (unpaired) electrons. The third kappa shape index (κ3) is 3.63. The highest BCUT2D eigenvalue weighted by Crippen LogP contribution is 2.35. The molecule has 0 atom stereocenters. The average molecular weight is 396 g/mol. The minimum Gasteiger partial charge on any atom is -0.337 e. The fourth-order valence-corrected chi connectivity index (χ4v) is 3.98. The highest BCUT2D eigenvalue weighted by molar-refractivity contribution is 5.94. The molecule has 9 heteroatoms. The quantitative estimate of drug-likeness (QED) is 0.767. The molecule has 2 aliphatic heterocycles. The second-order valence-corrected chi connectivity index (χ2v) is 7.29. The van der Waals surface area contributed by atoms with Crippen molar-refractivity contribution >= 4 is 5.91 Å². The van der Waals surface area contributed by atoms with Gasteiger partial charge in [0.15, 0.2) is 5.69 Å². The molecule has 0 spiro atoms. The summed E-state index contributed by atoms with van der Waals surface area (Å²) in [5.74, 6) is -1.27. The molecule has 1 fully saturated rings. The number of rotatable bonds is 2. The summed E-state index contributed by atoms with van der Waals surface area (Å²) in [7, 11) is 0. The van der Waals surface area contributed by atoms with E-state index in [-0.39, 0.29) is 11.8 Å². The van der Waals surface area contributed by atoms with Crippen molar-refractivity contribution in [2.24, 2.45) is 0 Å². The van der Waals surface area contributed by atoms with Crippen LogP contribution in [0, 0.1) is 5.82 Å². The Labute approximate surface area is 159 Å². The number of carbonyl (C=O) groups is 1. The van der Waals surface area contributed by atoms with E-state index in [0.717, 1.165) is 36.4 Å². The van der Waals surface area contributed by atoms with Crippen molar-refractivity contribution in [1.29, 1.82) is 0 Å². The highest BCUT2D eigenvalue weighted by atomic mass is 19.4. The number of aromatic nitrogens is 2. The zero-order valence-corrected chi connectivity index (χ0v) is 15.1. The maximum atomic E-state index is 13.7. The number of fused-ring (bicyclic) bond motifs is 1. The van der Waals surface area contributed by atoms with Crippen LogP contribution in [-0.4, -0.2) is 40.6 Å². The van der Waals surface area contributed by atoms with Crippen molar-refractivity contribution < 1.29 is 22.4 Å². The molecule has 2 aliphatic rings. The molecule has 3 heterocycles. The van der Waals surface area contributed by atoms with E-state index in [4.69, 9.17) is 0 Å². The van der Waals surface area contributed by atoms with Crippen molar-refractivity contribution in [3.8, 4) is 0 Å². The number of likely N-dealkylation sites (tertiary alicyclic amines) is 1. The van der Waals surface area contributed by atoms with Crippen LogP contribution in [0.2, 0.25) is 0 Å². The lowest BCUT2D eigenvalue weighted by Gasteiger charge is -2.32. The standard InChI is InChI=1S/C19H20F4N4O/c20-14-8-12(7-13(9-14)19(21,22)23)11-2-5-27(6-3-11)18(28)17-15-10-24-4-1-16(15)25-26-17/h7-9,11,24H,1-6,10H2,(H,25,26). The molecule has 1 aromatic heterocycles. The maximum Gasteiger partial charge on any atom is 0.416 e. The summed E-state index contributed by atoms with van der Waals surface area (Å²) in [4.78, 5) is 14.5. The minimum atomic E-state index is -4.58. The molecular weight excluding hydrogens is 376 g/mol.